The number of hydrogen-bond donors (Lipinski definition) is 0. The molecule has 1 saturated heterocycles. The molecule has 1 fully saturated rings. The summed E-state index contributed by atoms with van der Waals surface area (Å²) in [5.41, 5.74) is 2.33. The van der Waals surface area contributed by atoms with Crippen LogP contribution < -0.4 is 9.64 Å². The Balaban J connectivity index is 2.01. The molecule has 0 amide bonds. The van der Waals surface area contributed by atoms with Gasteiger partial charge in [0.05, 0.1) is 20.1 Å². The molecule has 0 aromatic heterocycles. The molecule has 0 aliphatic carbocycles. The molecule has 2 rings (SSSR count). The number of ether oxygens (including phenoxy) is 2. The van der Waals surface area contributed by atoms with E-state index in [2.05, 4.69) is 17.0 Å². The molecule has 4 nitrogen and oxygen atoms in total. The van der Waals surface area contributed by atoms with Gasteiger partial charge in [-0.05, 0) is 43.5 Å². The Morgan fingerprint density at radius 2 is 1.95 bits per heavy atom. The molecule has 1 aromatic rings. The summed E-state index contributed by atoms with van der Waals surface area (Å²) >= 11 is 0. The van der Waals surface area contributed by atoms with Gasteiger partial charge in [-0.15, -0.1) is 0 Å². The Bertz CT molecular complexity index is 451. The maximum atomic E-state index is 11.5. The van der Waals surface area contributed by atoms with Gasteiger partial charge >= 0.3 is 5.97 Å². The van der Waals surface area contributed by atoms with Crippen LogP contribution in [0.25, 0.3) is 0 Å². The van der Waals surface area contributed by atoms with Crippen molar-refractivity contribution in [2.24, 2.45) is 5.92 Å². The number of aryl methyl sites for hydroxylation is 1. The maximum Gasteiger partial charge on any atom is 0.308 e. The van der Waals surface area contributed by atoms with Crippen molar-refractivity contribution in [2.45, 2.75) is 19.8 Å². The third-order valence-corrected chi connectivity index (χ3v) is 3.77. The van der Waals surface area contributed by atoms with E-state index in [1.165, 1.54) is 12.8 Å². The number of carbonyl (C=O) groups is 1. The number of anilines is 1. The van der Waals surface area contributed by atoms with E-state index < -0.39 is 0 Å². The van der Waals surface area contributed by atoms with Crippen LogP contribution in [-0.2, 0) is 9.53 Å². The molecule has 1 aliphatic heterocycles. The lowest BCUT2D eigenvalue weighted by Crippen LogP contribution is -2.36. The first-order valence-electron chi connectivity index (χ1n) is 6.63. The predicted octanol–water partition coefficient (Wildman–Crippen LogP) is 2.39. The molecule has 0 N–H and O–H groups in total. The van der Waals surface area contributed by atoms with E-state index in [9.17, 15) is 4.79 Å². The Kier molecular flexibility index (Phi) is 4.30. The SMILES string of the molecule is COC(=O)C1CCN(c2ccc(OC)c(C)c2)CC1. The summed E-state index contributed by atoms with van der Waals surface area (Å²) in [4.78, 5) is 13.8. The number of esters is 1. The summed E-state index contributed by atoms with van der Waals surface area (Å²) in [5, 5.41) is 0. The van der Waals surface area contributed by atoms with Crippen molar-refractivity contribution in [3.05, 3.63) is 23.8 Å². The highest BCUT2D eigenvalue weighted by molar-refractivity contribution is 5.72. The quantitative estimate of drug-likeness (QED) is 0.785. The van der Waals surface area contributed by atoms with Crippen molar-refractivity contribution < 1.29 is 14.3 Å². The highest BCUT2D eigenvalue weighted by atomic mass is 16.5. The molecule has 1 aromatic carbocycles. The predicted molar refractivity (Wildman–Crippen MR) is 74.7 cm³/mol. The standard InChI is InChI=1S/C15H21NO3/c1-11-10-13(4-5-14(11)18-2)16-8-6-12(7-9-16)15(17)19-3/h4-5,10,12H,6-9H2,1-3H3. The monoisotopic (exact) mass is 263 g/mol. The highest BCUT2D eigenvalue weighted by Gasteiger charge is 2.25. The van der Waals surface area contributed by atoms with Gasteiger partial charge in [0.15, 0.2) is 0 Å². The van der Waals surface area contributed by atoms with Gasteiger partial charge in [-0.25, -0.2) is 0 Å². The third-order valence-electron chi connectivity index (χ3n) is 3.77. The van der Waals surface area contributed by atoms with Crippen LogP contribution in [0, 0.1) is 12.8 Å². The van der Waals surface area contributed by atoms with E-state index in [4.69, 9.17) is 9.47 Å². The van der Waals surface area contributed by atoms with Crippen molar-refractivity contribution in [3.8, 4) is 5.75 Å². The van der Waals surface area contributed by atoms with Gasteiger partial charge in [0.2, 0.25) is 0 Å². The van der Waals surface area contributed by atoms with Crippen molar-refractivity contribution >= 4 is 11.7 Å². The van der Waals surface area contributed by atoms with Crippen LogP contribution in [-0.4, -0.2) is 33.3 Å². The lowest BCUT2D eigenvalue weighted by Gasteiger charge is -2.32. The summed E-state index contributed by atoms with van der Waals surface area (Å²) in [6, 6.07) is 6.21. The van der Waals surface area contributed by atoms with Crippen LogP contribution in [0.2, 0.25) is 0 Å². The van der Waals surface area contributed by atoms with Crippen molar-refractivity contribution in [3.63, 3.8) is 0 Å². The zero-order valence-electron chi connectivity index (χ0n) is 11.8. The summed E-state index contributed by atoms with van der Waals surface area (Å²) in [6.07, 6.45) is 1.72. The van der Waals surface area contributed by atoms with E-state index in [-0.39, 0.29) is 11.9 Å². The molecule has 0 unspecified atom stereocenters. The molecule has 1 aliphatic rings. The third kappa shape index (κ3) is 3.00. The molecule has 1 heterocycles. The molecule has 4 heteroatoms. The van der Waals surface area contributed by atoms with Gasteiger partial charge in [-0.1, -0.05) is 0 Å². The second kappa shape index (κ2) is 5.95. The number of hydrogen-bond acceptors (Lipinski definition) is 4. The van der Waals surface area contributed by atoms with E-state index in [0.717, 1.165) is 37.2 Å². The maximum absolute atomic E-state index is 11.5. The first-order valence-corrected chi connectivity index (χ1v) is 6.63. The molecular formula is C15H21NO3. The minimum absolute atomic E-state index is 0.0561. The summed E-state index contributed by atoms with van der Waals surface area (Å²) in [7, 11) is 3.14. The number of rotatable bonds is 3. The molecule has 0 saturated carbocycles. The van der Waals surface area contributed by atoms with Crippen LogP contribution in [0.15, 0.2) is 18.2 Å². The lowest BCUT2D eigenvalue weighted by atomic mass is 9.96. The van der Waals surface area contributed by atoms with Gasteiger partial charge in [-0.3, -0.25) is 4.79 Å². The minimum atomic E-state index is -0.0782. The smallest absolute Gasteiger partial charge is 0.308 e. The lowest BCUT2D eigenvalue weighted by molar-refractivity contribution is -0.146. The largest absolute Gasteiger partial charge is 0.496 e. The normalized spacial score (nSPS) is 16.3. The number of methoxy groups -OCH3 is 2. The Morgan fingerprint density at radius 1 is 1.26 bits per heavy atom. The van der Waals surface area contributed by atoms with Crippen LogP contribution >= 0.6 is 0 Å². The number of benzene rings is 1. The molecule has 0 atom stereocenters. The fraction of sp³-hybridized carbons (Fsp3) is 0.533. The Hall–Kier alpha value is -1.71. The fourth-order valence-electron chi connectivity index (χ4n) is 2.60. The van der Waals surface area contributed by atoms with Gasteiger partial charge in [0, 0.05) is 18.8 Å². The van der Waals surface area contributed by atoms with Gasteiger partial charge in [0.25, 0.3) is 0 Å². The zero-order chi connectivity index (χ0) is 13.8. The minimum Gasteiger partial charge on any atom is -0.496 e. The van der Waals surface area contributed by atoms with E-state index in [1.807, 2.05) is 13.0 Å². The highest BCUT2D eigenvalue weighted by Crippen LogP contribution is 2.28. The van der Waals surface area contributed by atoms with Gasteiger partial charge in [-0.2, -0.15) is 0 Å². The van der Waals surface area contributed by atoms with Gasteiger partial charge < -0.3 is 14.4 Å². The van der Waals surface area contributed by atoms with E-state index >= 15 is 0 Å². The van der Waals surface area contributed by atoms with Gasteiger partial charge in [0.1, 0.15) is 5.75 Å². The number of carbonyl (C=O) groups excluding carboxylic acids is 1. The average Bonchev–Trinajstić information content (AvgIpc) is 2.46. The van der Waals surface area contributed by atoms with Crippen molar-refractivity contribution in [1.82, 2.24) is 0 Å². The molecule has 0 radical (unpaired) electrons. The van der Waals surface area contributed by atoms with Crippen LogP contribution in [0.5, 0.6) is 5.75 Å². The van der Waals surface area contributed by atoms with Crippen molar-refractivity contribution in [2.75, 3.05) is 32.2 Å². The fourth-order valence-corrected chi connectivity index (χ4v) is 2.60. The summed E-state index contributed by atoms with van der Waals surface area (Å²) < 4.78 is 10.1. The Labute approximate surface area is 114 Å². The first kappa shape index (κ1) is 13.7. The average molecular weight is 263 g/mol. The summed E-state index contributed by atoms with van der Waals surface area (Å²) in [6.45, 7) is 3.83. The second-order valence-corrected chi connectivity index (χ2v) is 4.94. The Morgan fingerprint density at radius 3 is 2.47 bits per heavy atom. The van der Waals surface area contributed by atoms with Crippen LogP contribution in [0.1, 0.15) is 18.4 Å². The molecule has 19 heavy (non-hydrogen) atoms. The molecule has 0 spiro atoms. The number of piperidine rings is 1. The second-order valence-electron chi connectivity index (χ2n) is 4.94. The topological polar surface area (TPSA) is 38.8 Å². The van der Waals surface area contributed by atoms with E-state index in [1.54, 1.807) is 7.11 Å². The van der Waals surface area contributed by atoms with Crippen molar-refractivity contribution in [1.29, 1.82) is 0 Å². The first-order chi connectivity index (χ1) is 9.15. The van der Waals surface area contributed by atoms with Crippen LogP contribution in [0.4, 0.5) is 5.69 Å². The molecule has 0 bridgehead atoms. The van der Waals surface area contributed by atoms with E-state index in [0.29, 0.717) is 0 Å². The zero-order valence-corrected chi connectivity index (χ0v) is 11.8. The summed E-state index contributed by atoms with van der Waals surface area (Å²) in [5.74, 6) is 0.888. The number of nitrogens with zero attached hydrogens (tertiary/aromatic N) is 1. The molecule has 104 valence electrons. The molecular weight excluding hydrogens is 242 g/mol. The van der Waals surface area contributed by atoms with Crippen LogP contribution in [0.3, 0.4) is 0 Å².